The molecule has 6 nitrogen and oxygen atoms in total. The first-order valence-corrected chi connectivity index (χ1v) is 8.61. The Labute approximate surface area is 148 Å². The van der Waals surface area contributed by atoms with Crippen LogP contribution in [0.4, 0.5) is 5.13 Å². The molecule has 0 unspecified atom stereocenters. The topological polar surface area (TPSA) is 69.7 Å². The number of hydrogen-bond donors (Lipinski definition) is 1. The maximum absolute atomic E-state index is 12.5. The summed E-state index contributed by atoms with van der Waals surface area (Å²) in [4.78, 5) is 17.0. The number of thiazole rings is 1. The molecule has 0 spiro atoms. The number of carbonyl (C=O) groups excluding carboxylic acids is 1. The van der Waals surface area contributed by atoms with Gasteiger partial charge in [-0.05, 0) is 30.7 Å². The first-order chi connectivity index (χ1) is 12.2. The number of hydrogen-bond acceptors (Lipinski definition) is 6. The minimum absolute atomic E-state index is 0.163. The van der Waals surface area contributed by atoms with E-state index in [1.807, 2.05) is 37.3 Å². The van der Waals surface area contributed by atoms with Crippen molar-refractivity contribution in [2.24, 2.45) is 0 Å². The number of nitrogens with one attached hydrogen (secondary N) is 1. The number of carbonyl (C=O) groups is 1. The van der Waals surface area contributed by atoms with Crippen LogP contribution in [0.5, 0.6) is 17.2 Å². The molecule has 0 saturated carbocycles. The van der Waals surface area contributed by atoms with Crippen LogP contribution in [0.25, 0.3) is 10.2 Å². The molecule has 7 heteroatoms. The molecule has 0 bridgehead atoms. The third-order valence-electron chi connectivity index (χ3n) is 3.95. The summed E-state index contributed by atoms with van der Waals surface area (Å²) in [6, 6.07) is 11.1. The van der Waals surface area contributed by atoms with Gasteiger partial charge >= 0.3 is 0 Å². The number of rotatable bonds is 3. The maximum Gasteiger partial charge on any atom is 0.270 e. The highest BCUT2D eigenvalue weighted by Gasteiger charge is 2.28. The average Bonchev–Trinajstić information content (AvgIpc) is 3.06. The zero-order chi connectivity index (χ0) is 17.4. The van der Waals surface area contributed by atoms with E-state index in [2.05, 4.69) is 10.3 Å². The molecule has 1 aliphatic heterocycles. The van der Waals surface area contributed by atoms with Gasteiger partial charge in [0.15, 0.2) is 16.6 Å². The summed E-state index contributed by atoms with van der Waals surface area (Å²) < 4.78 is 17.6. The van der Waals surface area contributed by atoms with Crippen LogP contribution < -0.4 is 19.5 Å². The highest BCUT2D eigenvalue weighted by Crippen LogP contribution is 2.35. The molecule has 1 N–H and O–H groups in total. The summed E-state index contributed by atoms with van der Waals surface area (Å²) in [5.74, 6) is 1.61. The zero-order valence-corrected chi connectivity index (χ0v) is 14.6. The van der Waals surface area contributed by atoms with Gasteiger partial charge in [-0.25, -0.2) is 4.98 Å². The third kappa shape index (κ3) is 2.87. The van der Waals surface area contributed by atoms with Gasteiger partial charge < -0.3 is 14.2 Å². The van der Waals surface area contributed by atoms with Crippen molar-refractivity contribution < 1.29 is 19.0 Å². The molecule has 2 heterocycles. The summed E-state index contributed by atoms with van der Waals surface area (Å²) in [6.45, 7) is 2.16. The van der Waals surface area contributed by atoms with Gasteiger partial charge in [-0.1, -0.05) is 29.5 Å². The maximum atomic E-state index is 12.5. The Kier molecular flexibility index (Phi) is 3.93. The normalized spacial score (nSPS) is 15.8. The molecule has 0 saturated heterocycles. The Morgan fingerprint density at radius 2 is 2.08 bits per heavy atom. The number of fused-ring (bicyclic) bond motifs is 2. The highest BCUT2D eigenvalue weighted by molar-refractivity contribution is 7.22. The number of benzene rings is 2. The van der Waals surface area contributed by atoms with E-state index in [-0.39, 0.29) is 12.5 Å². The lowest BCUT2D eigenvalue weighted by molar-refractivity contribution is -0.125. The van der Waals surface area contributed by atoms with E-state index >= 15 is 0 Å². The van der Waals surface area contributed by atoms with Gasteiger partial charge in [0.05, 0.1) is 11.8 Å². The molecule has 1 aromatic heterocycles. The van der Waals surface area contributed by atoms with Crippen molar-refractivity contribution in [1.29, 1.82) is 0 Å². The molecule has 0 radical (unpaired) electrons. The number of anilines is 1. The molecular weight excluding hydrogens is 340 g/mol. The summed E-state index contributed by atoms with van der Waals surface area (Å²) in [5, 5.41) is 3.33. The quantitative estimate of drug-likeness (QED) is 0.779. The molecule has 1 atom stereocenters. The van der Waals surface area contributed by atoms with Crippen LogP contribution in [0.3, 0.4) is 0 Å². The van der Waals surface area contributed by atoms with E-state index < -0.39 is 6.10 Å². The molecule has 2 aromatic carbocycles. The molecule has 1 aliphatic rings. The van der Waals surface area contributed by atoms with Crippen molar-refractivity contribution in [1.82, 2.24) is 4.98 Å². The molecule has 25 heavy (non-hydrogen) atoms. The van der Waals surface area contributed by atoms with Gasteiger partial charge in [0.1, 0.15) is 17.9 Å². The fraction of sp³-hybridized carbons (Fsp3) is 0.222. The minimum Gasteiger partial charge on any atom is -0.494 e. The second-order valence-electron chi connectivity index (χ2n) is 5.63. The molecule has 0 fully saturated rings. The first kappa shape index (κ1) is 15.7. The smallest absolute Gasteiger partial charge is 0.270 e. The van der Waals surface area contributed by atoms with Crippen LogP contribution in [0.1, 0.15) is 5.56 Å². The van der Waals surface area contributed by atoms with E-state index in [1.165, 1.54) is 11.3 Å². The molecule has 1 amide bonds. The number of ether oxygens (including phenoxy) is 3. The van der Waals surface area contributed by atoms with Gasteiger partial charge in [0, 0.05) is 0 Å². The Hall–Kier alpha value is -2.80. The van der Waals surface area contributed by atoms with Gasteiger partial charge in [-0.3, -0.25) is 10.1 Å². The SMILES string of the molecule is COc1ccc(C)c2sc(NC(=O)[C@@H]3COc4ccccc4O3)nc12. The number of methoxy groups -OCH3 is 1. The van der Waals surface area contributed by atoms with Gasteiger partial charge in [0.25, 0.3) is 5.91 Å². The number of amides is 1. The van der Waals surface area contributed by atoms with E-state index in [0.29, 0.717) is 22.4 Å². The van der Waals surface area contributed by atoms with Gasteiger partial charge in [0.2, 0.25) is 6.10 Å². The predicted octanol–water partition coefficient (Wildman–Crippen LogP) is 3.39. The van der Waals surface area contributed by atoms with Crippen LogP contribution in [0, 0.1) is 6.92 Å². The molecule has 128 valence electrons. The number of aryl methyl sites for hydroxylation is 1. The van der Waals surface area contributed by atoms with Crippen molar-refractivity contribution in [2.45, 2.75) is 13.0 Å². The van der Waals surface area contributed by atoms with Crippen LogP contribution >= 0.6 is 11.3 Å². The minimum atomic E-state index is -0.718. The third-order valence-corrected chi connectivity index (χ3v) is 5.06. The Balaban J connectivity index is 1.55. The molecular formula is C18H16N2O4S. The van der Waals surface area contributed by atoms with E-state index in [1.54, 1.807) is 13.2 Å². The lowest BCUT2D eigenvalue weighted by atomic mass is 10.2. The second-order valence-corrected chi connectivity index (χ2v) is 6.63. The number of nitrogens with zero attached hydrogens (tertiary/aromatic N) is 1. The molecule has 3 aromatic rings. The van der Waals surface area contributed by atoms with E-state index in [4.69, 9.17) is 14.2 Å². The fourth-order valence-electron chi connectivity index (χ4n) is 2.66. The summed E-state index contributed by atoms with van der Waals surface area (Å²) in [6.07, 6.45) is -0.718. The molecule has 4 rings (SSSR count). The van der Waals surface area contributed by atoms with Crippen LogP contribution in [0.15, 0.2) is 36.4 Å². The van der Waals surface area contributed by atoms with Gasteiger partial charge in [-0.2, -0.15) is 0 Å². The summed E-state index contributed by atoms with van der Waals surface area (Å²) in [7, 11) is 1.60. The Morgan fingerprint density at radius 3 is 2.88 bits per heavy atom. The van der Waals surface area contributed by atoms with Crippen LogP contribution in [0.2, 0.25) is 0 Å². The van der Waals surface area contributed by atoms with Crippen LogP contribution in [-0.2, 0) is 4.79 Å². The van der Waals surface area contributed by atoms with E-state index in [0.717, 1.165) is 15.8 Å². The lowest BCUT2D eigenvalue weighted by Gasteiger charge is -2.25. The summed E-state index contributed by atoms with van der Waals surface area (Å²) >= 11 is 1.41. The van der Waals surface area contributed by atoms with Crippen molar-refractivity contribution in [3.05, 3.63) is 42.0 Å². The zero-order valence-electron chi connectivity index (χ0n) is 13.7. The number of aromatic nitrogens is 1. The fourth-order valence-corrected chi connectivity index (χ4v) is 3.62. The van der Waals surface area contributed by atoms with Crippen LogP contribution in [-0.4, -0.2) is 30.7 Å². The van der Waals surface area contributed by atoms with Crippen molar-refractivity contribution in [3.63, 3.8) is 0 Å². The van der Waals surface area contributed by atoms with Gasteiger partial charge in [-0.15, -0.1) is 0 Å². The monoisotopic (exact) mass is 356 g/mol. The van der Waals surface area contributed by atoms with Crippen molar-refractivity contribution in [2.75, 3.05) is 19.0 Å². The Bertz CT molecular complexity index is 953. The predicted molar refractivity (Wildman–Crippen MR) is 95.9 cm³/mol. The van der Waals surface area contributed by atoms with E-state index in [9.17, 15) is 4.79 Å². The highest BCUT2D eigenvalue weighted by atomic mass is 32.1. The largest absolute Gasteiger partial charge is 0.494 e. The second kappa shape index (κ2) is 6.25. The average molecular weight is 356 g/mol. The first-order valence-electron chi connectivity index (χ1n) is 7.79. The molecule has 0 aliphatic carbocycles. The number of para-hydroxylation sites is 2. The standard InChI is InChI=1S/C18H16N2O4S/c1-10-7-8-13(22-2)15-16(10)25-18(19-15)20-17(21)14-9-23-11-5-3-4-6-12(11)24-14/h3-8,14H,9H2,1-2H3,(H,19,20,21)/t14-/m0/s1. The Morgan fingerprint density at radius 1 is 1.28 bits per heavy atom. The van der Waals surface area contributed by atoms with Crippen molar-refractivity contribution >= 4 is 32.6 Å². The lowest BCUT2D eigenvalue weighted by Crippen LogP contribution is -2.40. The van der Waals surface area contributed by atoms with Crippen molar-refractivity contribution in [3.8, 4) is 17.2 Å². The summed E-state index contributed by atoms with van der Waals surface area (Å²) in [5.41, 5.74) is 1.83.